The molecule has 0 bridgehead atoms. The van der Waals surface area contributed by atoms with E-state index in [0.29, 0.717) is 18.1 Å². The molecule has 146 valence electrons. The molecule has 0 aliphatic carbocycles. The number of rotatable bonds is 4. The molecule has 2 N–H and O–H groups in total. The molecule has 27 heavy (non-hydrogen) atoms. The fraction of sp³-hybridized carbons (Fsp3) is 0.333. The Morgan fingerprint density at radius 2 is 2.07 bits per heavy atom. The Labute approximate surface area is 177 Å². The topological polar surface area (TPSA) is 49.3 Å². The Kier molecular flexibility index (Phi) is 9.59. The molecule has 0 radical (unpaired) electrons. The average Bonchev–Trinajstić information content (AvgIpc) is 3.09. The van der Waals surface area contributed by atoms with E-state index in [1.807, 2.05) is 6.20 Å². The van der Waals surface area contributed by atoms with Gasteiger partial charge < -0.3 is 10.6 Å². The van der Waals surface area contributed by atoms with Crippen LogP contribution in [0, 0.1) is 11.8 Å². The number of hydrogen-bond acceptors (Lipinski definition) is 3. The standard InChI is InChI=1S/C18H19F3N4S.HI/c1-3-15-11-24-16(26-15)12-25-17(22-2)23-9-5-7-13-6-4-8-14(10-13)18(19,20)21;/h4,6,8,10-11H,3,9,12H2,1-2H3,(H2,22,23,25);1H. The van der Waals surface area contributed by atoms with Crippen molar-refractivity contribution in [1.29, 1.82) is 0 Å². The Balaban J connectivity index is 0.00000364. The largest absolute Gasteiger partial charge is 0.416 e. The van der Waals surface area contributed by atoms with Gasteiger partial charge in [0.1, 0.15) is 5.01 Å². The summed E-state index contributed by atoms with van der Waals surface area (Å²) < 4.78 is 38.0. The number of nitrogens with zero attached hydrogens (tertiary/aromatic N) is 2. The molecule has 0 amide bonds. The summed E-state index contributed by atoms with van der Waals surface area (Å²) in [7, 11) is 1.63. The van der Waals surface area contributed by atoms with Gasteiger partial charge in [0.25, 0.3) is 0 Å². The predicted octanol–water partition coefficient (Wildman–Crippen LogP) is 4.06. The quantitative estimate of drug-likeness (QED) is 0.284. The van der Waals surface area contributed by atoms with Crippen molar-refractivity contribution in [3.63, 3.8) is 0 Å². The first-order valence-electron chi connectivity index (χ1n) is 7.96. The predicted molar refractivity (Wildman–Crippen MR) is 113 cm³/mol. The Bertz CT molecular complexity index is 822. The van der Waals surface area contributed by atoms with E-state index in [-0.39, 0.29) is 30.5 Å². The molecule has 0 fully saturated rings. The minimum Gasteiger partial charge on any atom is -0.350 e. The van der Waals surface area contributed by atoms with Crippen LogP contribution in [0.2, 0.25) is 0 Å². The van der Waals surface area contributed by atoms with Gasteiger partial charge in [0.15, 0.2) is 5.96 Å². The fourth-order valence-electron chi connectivity index (χ4n) is 2.02. The minimum absolute atomic E-state index is 0. The van der Waals surface area contributed by atoms with E-state index in [1.54, 1.807) is 24.5 Å². The van der Waals surface area contributed by atoms with E-state index in [9.17, 15) is 13.2 Å². The summed E-state index contributed by atoms with van der Waals surface area (Å²) in [6.45, 7) is 2.88. The zero-order valence-electron chi connectivity index (χ0n) is 14.9. The van der Waals surface area contributed by atoms with Gasteiger partial charge in [0, 0.05) is 23.7 Å². The lowest BCUT2D eigenvalue weighted by Crippen LogP contribution is -2.36. The second-order valence-corrected chi connectivity index (χ2v) is 6.43. The van der Waals surface area contributed by atoms with Gasteiger partial charge >= 0.3 is 6.18 Å². The maximum Gasteiger partial charge on any atom is 0.416 e. The average molecular weight is 508 g/mol. The number of halogens is 4. The molecule has 1 aromatic carbocycles. The zero-order valence-corrected chi connectivity index (χ0v) is 18.0. The van der Waals surface area contributed by atoms with Gasteiger partial charge in [-0.3, -0.25) is 4.99 Å². The summed E-state index contributed by atoms with van der Waals surface area (Å²) in [6, 6.07) is 4.95. The second kappa shape index (κ2) is 11.1. The van der Waals surface area contributed by atoms with Gasteiger partial charge in [-0.25, -0.2) is 4.98 Å². The number of aryl methyl sites for hydroxylation is 1. The maximum atomic E-state index is 12.7. The monoisotopic (exact) mass is 508 g/mol. The highest BCUT2D eigenvalue weighted by atomic mass is 127. The lowest BCUT2D eigenvalue weighted by molar-refractivity contribution is -0.137. The van der Waals surface area contributed by atoms with Crippen molar-refractivity contribution >= 4 is 41.3 Å². The fourth-order valence-corrected chi connectivity index (χ4v) is 2.82. The van der Waals surface area contributed by atoms with Crippen molar-refractivity contribution in [3.8, 4) is 11.8 Å². The number of hydrogen-bond donors (Lipinski definition) is 2. The van der Waals surface area contributed by atoms with Crippen LogP contribution in [0.4, 0.5) is 13.2 Å². The van der Waals surface area contributed by atoms with Gasteiger partial charge in [-0.15, -0.1) is 35.3 Å². The Morgan fingerprint density at radius 3 is 2.70 bits per heavy atom. The maximum absolute atomic E-state index is 12.7. The number of guanidine groups is 1. The number of aromatic nitrogens is 1. The van der Waals surface area contributed by atoms with Crippen molar-refractivity contribution < 1.29 is 13.2 Å². The van der Waals surface area contributed by atoms with E-state index >= 15 is 0 Å². The molecule has 0 spiro atoms. The van der Waals surface area contributed by atoms with Crippen LogP contribution >= 0.6 is 35.3 Å². The summed E-state index contributed by atoms with van der Waals surface area (Å²) in [5, 5.41) is 7.07. The number of aliphatic imine (C=N–C) groups is 1. The van der Waals surface area contributed by atoms with Crippen LogP contribution in [-0.2, 0) is 19.1 Å². The molecule has 2 rings (SSSR count). The van der Waals surface area contributed by atoms with Crippen LogP contribution in [-0.4, -0.2) is 24.5 Å². The van der Waals surface area contributed by atoms with E-state index in [2.05, 4.69) is 39.4 Å². The molecule has 1 aromatic heterocycles. The van der Waals surface area contributed by atoms with Crippen LogP contribution in [0.3, 0.4) is 0 Å². The molecule has 9 heteroatoms. The van der Waals surface area contributed by atoms with Crippen molar-refractivity contribution in [2.24, 2.45) is 4.99 Å². The SMILES string of the molecule is CCc1cnc(CNC(=NC)NCC#Cc2cccc(C(F)(F)F)c2)s1.I. The molecule has 1 heterocycles. The first kappa shape index (κ1) is 23.2. The van der Waals surface area contributed by atoms with Gasteiger partial charge in [0.2, 0.25) is 0 Å². The van der Waals surface area contributed by atoms with Crippen molar-refractivity contribution in [2.75, 3.05) is 13.6 Å². The van der Waals surface area contributed by atoms with Gasteiger partial charge in [-0.05, 0) is 24.6 Å². The molecule has 0 atom stereocenters. The lowest BCUT2D eigenvalue weighted by Gasteiger charge is -2.08. The molecule has 2 aromatic rings. The first-order chi connectivity index (χ1) is 12.4. The number of alkyl halides is 3. The van der Waals surface area contributed by atoms with Gasteiger partial charge in [0.05, 0.1) is 18.7 Å². The summed E-state index contributed by atoms with van der Waals surface area (Å²) >= 11 is 1.64. The van der Waals surface area contributed by atoms with E-state index in [4.69, 9.17) is 0 Å². The molecule has 0 aliphatic rings. The Morgan fingerprint density at radius 1 is 1.30 bits per heavy atom. The lowest BCUT2D eigenvalue weighted by atomic mass is 10.1. The van der Waals surface area contributed by atoms with Crippen LogP contribution in [0.1, 0.15) is 27.9 Å². The first-order valence-corrected chi connectivity index (χ1v) is 8.78. The smallest absolute Gasteiger partial charge is 0.350 e. The molecule has 4 nitrogen and oxygen atoms in total. The molecule has 0 aliphatic heterocycles. The van der Waals surface area contributed by atoms with Crippen molar-refractivity contribution in [2.45, 2.75) is 26.1 Å². The highest BCUT2D eigenvalue weighted by Gasteiger charge is 2.30. The van der Waals surface area contributed by atoms with Gasteiger partial charge in [-0.2, -0.15) is 13.2 Å². The normalized spacial score (nSPS) is 11.2. The van der Waals surface area contributed by atoms with Crippen LogP contribution < -0.4 is 10.6 Å². The minimum atomic E-state index is -4.37. The molecular weight excluding hydrogens is 488 g/mol. The van der Waals surface area contributed by atoms with E-state index in [1.165, 1.54) is 10.9 Å². The summed E-state index contributed by atoms with van der Waals surface area (Å²) in [6.07, 6.45) is -1.55. The molecule has 0 unspecified atom stereocenters. The van der Waals surface area contributed by atoms with Crippen molar-refractivity contribution in [3.05, 3.63) is 51.5 Å². The third-order valence-electron chi connectivity index (χ3n) is 3.35. The van der Waals surface area contributed by atoms with Gasteiger partial charge in [-0.1, -0.05) is 24.8 Å². The summed E-state index contributed by atoms with van der Waals surface area (Å²) in [4.78, 5) is 9.61. The number of benzene rings is 1. The van der Waals surface area contributed by atoms with Crippen LogP contribution in [0.25, 0.3) is 0 Å². The van der Waals surface area contributed by atoms with Crippen LogP contribution in [0.15, 0.2) is 35.5 Å². The van der Waals surface area contributed by atoms with E-state index < -0.39 is 11.7 Å². The second-order valence-electron chi connectivity index (χ2n) is 5.23. The zero-order chi connectivity index (χ0) is 19.0. The molecule has 0 saturated heterocycles. The molecular formula is C18H20F3IN4S. The van der Waals surface area contributed by atoms with Crippen molar-refractivity contribution in [1.82, 2.24) is 15.6 Å². The number of nitrogens with one attached hydrogen (secondary N) is 2. The third-order valence-corrected chi connectivity index (χ3v) is 4.49. The third kappa shape index (κ3) is 7.76. The van der Waals surface area contributed by atoms with Crippen LogP contribution in [0.5, 0.6) is 0 Å². The number of thiazole rings is 1. The highest BCUT2D eigenvalue weighted by Crippen LogP contribution is 2.29. The summed E-state index contributed by atoms with van der Waals surface area (Å²) in [5.74, 6) is 6.06. The van der Waals surface area contributed by atoms with E-state index in [0.717, 1.165) is 23.6 Å². The highest BCUT2D eigenvalue weighted by molar-refractivity contribution is 14.0. The Hall–Kier alpha value is -1.80. The summed E-state index contributed by atoms with van der Waals surface area (Å²) in [5.41, 5.74) is -0.385. The molecule has 0 saturated carbocycles.